The summed E-state index contributed by atoms with van der Waals surface area (Å²) in [5.41, 5.74) is 6.68. The third-order valence-corrected chi connectivity index (χ3v) is 4.16. The van der Waals surface area contributed by atoms with Crippen LogP contribution in [0.3, 0.4) is 0 Å². The first-order chi connectivity index (χ1) is 10.3. The molecule has 1 aromatic heterocycles. The standard InChI is InChI=1S/C15H17N3O3/c16-15(6-1-2-7-15)14-17-13(21-18-14)10-4-3-5-11-12(10)20-9-8-19-11/h3-5H,1-2,6-9,16H2. The highest BCUT2D eigenvalue weighted by molar-refractivity contribution is 5.68. The lowest BCUT2D eigenvalue weighted by Gasteiger charge is -2.19. The minimum Gasteiger partial charge on any atom is -0.486 e. The van der Waals surface area contributed by atoms with Crippen LogP contribution in [-0.4, -0.2) is 23.4 Å². The molecule has 21 heavy (non-hydrogen) atoms. The molecule has 1 saturated carbocycles. The highest BCUT2D eigenvalue weighted by atomic mass is 16.6. The van der Waals surface area contributed by atoms with Gasteiger partial charge in [0.15, 0.2) is 17.3 Å². The second-order valence-electron chi connectivity index (χ2n) is 5.62. The molecule has 1 aliphatic heterocycles. The van der Waals surface area contributed by atoms with Gasteiger partial charge in [0.25, 0.3) is 5.89 Å². The lowest BCUT2D eigenvalue weighted by atomic mass is 9.98. The van der Waals surface area contributed by atoms with E-state index in [4.69, 9.17) is 19.7 Å². The molecule has 2 heterocycles. The molecule has 2 aromatic rings. The Labute approximate surface area is 122 Å². The first-order valence-electron chi connectivity index (χ1n) is 7.28. The van der Waals surface area contributed by atoms with Crippen molar-refractivity contribution in [3.8, 4) is 23.0 Å². The van der Waals surface area contributed by atoms with Crippen molar-refractivity contribution < 1.29 is 14.0 Å². The van der Waals surface area contributed by atoms with E-state index < -0.39 is 5.54 Å². The summed E-state index contributed by atoms with van der Waals surface area (Å²) < 4.78 is 16.7. The fraction of sp³-hybridized carbons (Fsp3) is 0.467. The highest BCUT2D eigenvalue weighted by Crippen LogP contribution is 2.40. The van der Waals surface area contributed by atoms with Crippen LogP contribution in [0, 0.1) is 0 Å². The summed E-state index contributed by atoms with van der Waals surface area (Å²) in [7, 11) is 0. The van der Waals surface area contributed by atoms with E-state index in [9.17, 15) is 0 Å². The Balaban J connectivity index is 1.73. The topological polar surface area (TPSA) is 83.4 Å². The summed E-state index contributed by atoms with van der Waals surface area (Å²) in [6, 6.07) is 5.65. The minimum absolute atomic E-state index is 0.434. The molecule has 0 bridgehead atoms. The Morgan fingerprint density at radius 2 is 1.90 bits per heavy atom. The molecule has 2 aliphatic rings. The van der Waals surface area contributed by atoms with Gasteiger partial charge in [-0.15, -0.1) is 0 Å². The Bertz CT molecular complexity index is 662. The summed E-state index contributed by atoms with van der Waals surface area (Å²) in [5.74, 6) is 2.40. The molecule has 0 amide bonds. The maximum absolute atomic E-state index is 6.37. The van der Waals surface area contributed by atoms with E-state index in [1.165, 1.54) is 0 Å². The van der Waals surface area contributed by atoms with Crippen LogP contribution < -0.4 is 15.2 Å². The van der Waals surface area contributed by atoms with Gasteiger partial charge in [0.05, 0.1) is 11.1 Å². The Morgan fingerprint density at radius 3 is 2.76 bits per heavy atom. The number of para-hydroxylation sites is 1. The number of nitrogens with zero attached hydrogens (tertiary/aromatic N) is 2. The molecule has 6 heteroatoms. The average molecular weight is 287 g/mol. The second-order valence-corrected chi connectivity index (χ2v) is 5.62. The van der Waals surface area contributed by atoms with E-state index in [2.05, 4.69) is 10.1 Å². The van der Waals surface area contributed by atoms with Gasteiger partial charge in [-0.3, -0.25) is 0 Å². The number of rotatable bonds is 2. The third kappa shape index (κ3) is 2.06. The zero-order valence-electron chi connectivity index (χ0n) is 11.7. The van der Waals surface area contributed by atoms with Crippen molar-refractivity contribution in [1.29, 1.82) is 0 Å². The lowest BCUT2D eigenvalue weighted by molar-refractivity contribution is 0.172. The second kappa shape index (κ2) is 4.73. The fourth-order valence-electron chi connectivity index (χ4n) is 3.01. The van der Waals surface area contributed by atoms with Crippen molar-refractivity contribution in [1.82, 2.24) is 10.1 Å². The quantitative estimate of drug-likeness (QED) is 0.912. The first-order valence-corrected chi connectivity index (χ1v) is 7.28. The van der Waals surface area contributed by atoms with Gasteiger partial charge in [0.1, 0.15) is 13.2 Å². The van der Waals surface area contributed by atoms with E-state index in [1.807, 2.05) is 18.2 Å². The van der Waals surface area contributed by atoms with Gasteiger partial charge in [-0.05, 0) is 25.0 Å². The molecule has 4 rings (SSSR count). The Morgan fingerprint density at radius 1 is 1.10 bits per heavy atom. The summed E-state index contributed by atoms with van der Waals surface area (Å²) >= 11 is 0. The molecule has 0 atom stereocenters. The summed E-state index contributed by atoms with van der Waals surface area (Å²) in [6.07, 6.45) is 4.02. The zero-order chi connectivity index (χ0) is 14.3. The third-order valence-electron chi connectivity index (χ3n) is 4.16. The van der Waals surface area contributed by atoms with Crippen LogP contribution >= 0.6 is 0 Å². The van der Waals surface area contributed by atoms with Gasteiger partial charge >= 0.3 is 0 Å². The maximum Gasteiger partial charge on any atom is 0.261 e. The van der Waals surface area contributed by atoms with Crippen molar-refractivity contribution in [2.45, 2.75) is 31.2 Å². The molecule has 1 aliphatic carbocycles. The van der Waals surface area contributed by atoms with Gasteiger partial charge in [-0.2, -0.15) is 4.98 Å². The minimum atomic E-state index is -0.450. The largest absolute Gasteiger partial charge is 0.486 e. The molecule has 110 valence electrons. The molecule has 0 saturated heterocycles. The molecular weight excluding hydrogens is 270 g/mol. The molecule has 1 fully saturated rings. The number of benzene rings is 1. The van der Waals surface area contributed by atoms with Crippen LogP contribution in [0.4, 0.5) is 0 Å². The number of ether oxygens (including phenoxy) is 2. The Kier molecular flexibility index (Phi) is 2.85. The van der Waals surface area contributed by atoms with Gasteiger partial charge in [-0.1, -0.05) is 24.1 Å². The normalized spacial score (nSPS) is 19.7. The van der Waals surface area contributed by atoms with Crippen LogP contribution in [0.15, 0.2) is 22.7 Å². The summed E-state index contributed by atoms with van der Waals surface area (Å²) in [6.45, 7) is 1.07. The molecule has 0 radical (unpaired) electrons. The summed E-state index contributed by atoms with van der Waals surface area (Å²) in [4.78, 5) is 4.50. The van der Waals surface area contributed by atoms with E-state index in [0.29, 0.717) is 36.4 Å². The molecular formula is C15H17N3O3. The van der Waals surface area contributed by atoms with Crippen LogP contribution in [0.5, 0.6) is 11.5 Å². The number of nitrogens with two attached hydrogens (primary N) is 1. The van der Waals surface area contributed by atoms with Crippen molar-refractivity contribution >= 4 is 0 Å². The first kappa shape index (κ1) is 12.6. The molecule has 0 spiro atoms. The summed E-state index contributed by atoms with van der Waals surface area (Å²) in [5, 5.41) is 4.09. The highest BCUT2D eigenvalue weighted by Gasteiger charge is 2.36. The van der Waals surface area contributed by atoms with Crippen LogP contribution in [0.2, 0.25) is 0 Å². The van der Waals surface area contributed by atoms with Crippen LogP contribution in [0.1, 0.15) is 31.5 Å². The zero-order valence-corrected chi connectivity index (χ0v) is 11.7. The van der Waals surface area contributed by atoms with Gasteiger partial charge in [-0.25, -0.2) is 0 Å². The van der Waals surface area contributed by atoms with E-state index in [0.717, 1.165) is 31.2 Å². The SMILES string of the molecule is NC1(c2noc(-c3cccc4c3OCCO4)n2)CCCC1. The van der Waals surface area contributed by atoms with E-state index in [1.54, 1.807) is 0 Å². The predicted molar refractivity (Wildman–Crippen MR) is 75.1 cm³/mol. The number of fused-ring (bicyclic) bond motifs is 1. The predicted octanol–water partition coefficient (Wildman–Crippen LogP) is 2.24. The average Bonchev–Trinajstić information content (AvgIpc) is 3.16. The Hall–Kier alpha value is -2.08. The van der Waals surface area contributed by atoms with Gasteiger partial charge in [0, 0.05) is 0 Å². The van der Waals surface area contributed by atoms with Crippen LogP contribution in [0.25, 0.3) is 11.5 Å². The molecule has 0 unspecified atom stereocenters. The smallest absolute Gasteiger partial charge is 0.261 e. The molecule has 2 N–H and O–H groups in total. The number of hydrogen-bond acceptors (Lipinski definition) is 6. The van der Waals surface area contributed by atoms with Gasteiger partial charge < -0.3 is 19.7 Å². The fourth-order valence-corrected chi connectivity index (χ4v) is 3.01. The van der Waals surface area contributed by atoms with Crippen molar-refractivity contribution in [3.05, 3.63) is 24.0 Å². The number of aromatic nitrogens is 2. The maximum atomic E-state index is 6.37. The number of hydrogen-bond donors (Lipinski definition) is 1. The van der Waals surface area contributed by atoms with Gasteiger partial charge in [0.2, 0.25) is 0 Å². The van der Waals surface area contributed by atoms with Crippen molar-refractivity contribution in [2.24, 2.45) is 5.73 Å². The molecule has 6 nitrogen and oxygen atoms in total. The monoisotopic (exact) mass is 287 g/mol. The van der Waals surface area contributed by atoms with Crippen molar-refractivity contribution in [2.75, 3.05) is 13.2 Å². The lowest BCUT2D eigenvalue weighted by Crippen LogP contribution is -2.34. The molecule has 1 aromatic carbocycles. The van der Waals surface area contributed by atoms with E-state index >= 15 is 0 Å². The van der Waals surface area contributed by atoms with Crippen LogP contribution in [-0.2, 0) is 5.54 Å². The van der Waals surface area contributed by atoms with Crippen molar-refractivity contribution in [3.63, 3.8) is 0 Å². The van der Waals surface area contributed by atoms with E-state index in [-0.39, 0.29) is 0 Å².